The Labute approximate surface area is 183 Å². The first-order valence-electron chi connectivity index (χ1n) is 9.81. The van der Waals surface area contributed by atoms with E-state index in [1.54, 1.807) is 20.4 Å². The van der Waals surface area contributed by atoms with Crippen molar-refractivity contribution < 1.29 is 9.47 Å². The Morgan fingerprint density at radius 1 is 1.00 bits per heavy atom. The number of methoxy groups -OCH3 is 2. The predicted octanol–water partition coefficient (Wildman–Crippen LogP) is 4.85. The van der Waals surface area contributed by atoms with Crippen LogP contribution in [0.3, 0.4) is 0 Å². The number of rotatable bonds is 8. The van der Waals surface area contributed by atoms with Crippen molar-refractivity contribution in [3.63, 3.8) is 0 Å². The Morgan fingerprint density at radius 2 is 1.83 bits per heavy atom. The summed E-state index contributed by atoms with van der Waals surface area (Å²) in [6.07, 6.45) is 4.47. The van der Waals surface area contributed by atoms with E-state index in [-0.39, 0.29) is 0 Å². The van der Waals surface area contributed by atoms with Crippen LogP contribution >= 0.6 is 12.2 Å². The van der Waals surface area contributed by atoms with Crippen LogP contribution in [0.4, 0.5) is 5.69 Å². The standard InChI is InChI=1S/C24H27N3O2S/c1-18-6-4-8-21(14-18)26-24(30)27(17-20-7-5-12-25-16-20)13-11-19-9-10-22(28-2)23(15-19)29-3/h4-10,12,14-16H,11,13,17H2,1-3H3,(H,26,30). The molecule has 0 aliphatic rings. The first kappa shape index (κ1) is 21.6. The van der Waals surface area contributed by atoms with Crippen LogP contribution in [0, 0.1) is 6.92 Å². The molecule has 5 nitrogen and oxygen atoms in total. The molecule has 30 heavy (non-hydrogen) atoms. The van der Waals surface area contributed by atoms with E-state index in [1.165, 1.54) is 5.56 Å². The number of nitrogens with one attached hydrogen (secondary N) is 1. The van der Waals surface area contributed by atoms with Gasteiger partial charge in [0.1, 0.15) is 0 Å². The molecule has 0 radical (unpaired) electrons. The summed E-state index contributed by atoms with van der Waals surface area (Å²) >= 11 is 5.75. The smallest absolute Gasteiger partial charge is 0.173 e. The number of hydrogen-bond donors (Lipinski definition) is 1. The lowest BCUT2D eigenvalue weighted by atomic mass is 10.1. The van der Waals surface area contributed by atoms with Crippen molar-refractivity contribution in [3.05, 3.63) is 83.7 Å². The molecule has 0 amide bonds. The van der Waals surface area contributed by atoms with Crippen LogP contribution in [0.15, 0.2) is 67.0 Å². The summed E-state index contributed by atoms with van der Waals surface area (Å²) in [5.41, 5.74) is 4.44. The maximum absolute atomic E-state index is 5.75. The Kier molecular flexibility index (Phi) is 7.63. The second kappa shape index (κ2) is 10.6. The SMILES string of the molecule is COc1ccc(CCN(Cc2cccnc2)C(=S)Nc2cccc(C)c2)cc1OC. The largest absolute Gasteiger partial charge is 0.493 e. The van der Waals surface area contributed by atoms with Gasteiger partial charge in [0.25, 0.3) is 0 Å². The van der Waals surface area contributed by atoms with Crippen molar-refractivity contribution in [2.45, 2.75) is 19.9 Å². The van der Waals surface area contributed by atoms with E-state index >= 15 is 0 Å². The zero-order valence-corrected chi connectivity index (χ0v) is 18.4. The highest BCUT2D eigenvalue weighted by Crippen LogP contribution is 2.27. The lowest BCUT2D eigenvalue weighted by molar-refractivity contribution is 0.354. The van der Waals surface area contributed by atoms with Crippen molar-refractivity contribution in [1.82, 2.24) is 9.88 Å². The van der Waals surface area contributed by atoms with Crippen molar-refractivity contribution in [1.29, 1.82) is 0 Å². The van der Waals surface area contributed by atoms with Gasteiger partial charge >= 0.3 is 0 Å². The minimum atomic E-state index is 0.679. The highest BCUT2D eigenvalue weighted by atomic mass is 32.1. The molecule has 0 aliphatic carbocycles. The quantitative estimate of drug-likeness (QED) is 0.525. The number of aryl methyl sites for hydroxylation is 1. The van der Waals surface area contributed by atoms with E-state index in [1.807, 2.05) is 36.5 Å². The van der Waals surface area contributed by atoms with Gasteiger partial charge in [0.05, 0.1) is 14.2 Å². The first-order valence-corrected chi connectivity index (χ1v) is 10.2. The van der Waals surface area contributed by atoms with E-state index in [0.29, 0.717) is 11.7 Å². The molecule has 3 aromatic rings. The van der Waals surface area contributed by atoms with E-state index in [2.05, 4.69) is 46.4 Å². The Morgan fingerprint density at radius 3 is 2.53 bits per heavy atom. The zero-order chi connectivity index (χ0) is 21.3. The fourth-order valence-corrected chi connectivity index (χ4v) is 3.46. The molecule has 1 aromatic heterocycles. The van der Waals surface area contributed by atoms with Crippen LogP contribution in [-0.4, -0.2) is 35.8 Å². The molecular formula is C24H27N3O2S. The molecular weight excluding hydrogens is 394 g/mol. The van der Waals surface area contributed by atoms with E-state index in [9.17, 15) is 0 Å². The zero-order valence-electron chi connectivity index (χ0n) is 17.6. The Bertz CT molecular complexity index is 979. The normalized spacial score (nSPS) is 10.4. The minimum absolute atomic E-state index is 0.679. The number of benzene rings is 2. The van der Waals surface area contributed by atoms with Gasteiger partial charge in [-0.15, -0.1) is 0 Å². The molecule has 3 rings (SSSR count). The molecule has 2 aromatic carbocycles. The summed E-state index contributed by atoms with van der Waals surface area (Å²) in [4.78, 5) is 6.39. The van der Waals surface area contributed by atoms with Crippen LogP contribution in [-0.2, 0) is 13.0 Å². The predicted molar refractivity (Wildman–Crippen MR) is 125 cm³/mol. The molecule has 0 spiro atoms. The van der Waals surface area contributed by atoms with Crippen molar-refractivity contribution in [3.8, 4) is 11.5 Å². The average molecular weight is 422 g/mol. The second-order valence-corrected chi connectivity index (χ2v) is 7.41. The van der Waals surface area contributed by atoms with Gasteiger partial charge in [0, 0.05) is 31.2 Å². The number of nitrogens with zero attached hydrogens (tertiary/aromatic N) is 2. The summed E-state index contributed by atoms with van der Waals surface area (Å²) in [6.45, 7) is 3.50. The van der Waals surface area contributed by atoms with E-state index in [4.69, 9.17) is 21.7 Å². The van der Waals surface area contributed by atoms with Gasteiger partial charge in [-0.2, -0.15) is 0 Å². The molecule has 1 N–H and O–H groups in total. The minimum Gasteiger partial charge on any atom is -0.493 e. The molecule has 0 bridgehead atoms. The molecule has 0 unspecified atom stereocenters. The number of thiocarbonyl (C=S) groups is 1. The van der Waals surface area contributed by atoms with Crippen molar-refractivity contribution in [2.75, 3.05) is 26.1 Å². The third-order valence-corrected chi connectivity index (χ3v) is 5.13. The Hall–Kier alpha value is -3.12. The number of hydrogen-bond acceptors (Lipinski definition) is 4. The van der Waals surface area contributed by atoms with Crippen LogP contribution in [0.2, 0.25) is 0 Å². The van der Waals surface area contributed by atoms with Gasteiger partial charge < -0.3 is 19.7 Å². The summed E-state index contributed by atoms with van der Waals surface area (Å²) in [7, 11) is 3.29. The Balaban J connectivity index is 1.74. The summed E-state index contributed by atoms with van der Waals surface area (Å²) in [5.74, 6) is 1.46. The van der Waals surface area contributed by atoms with Gasteiger partial charge in [0.15, 0.2) is 16.6 Å². The first-order chi connectivity index (χ1) is 14.6. The second-order valence-electron chi connectivity index (χ2n) is 7.02. The highest BCUT2D eigenvalue weighted by molar-refractivity contribution is 7.80. The van der Waals surface area contributed by atoms with Crippen LogP contribution in [0.5, 0.6) is 11.5 Å². The van der Waals surface area contributed by atoms with Crippen LogP contribution < -0.4 is 14.8 Å². The lowest BCUT2D eigenvalue weighted by Crippen LogP contribution is -2.36. The van der Waals surface area contributed by atoms with Gasteiger partial charge in [-0.3, -0.25) is 4.98 Å². The van der Waals surface area contributed by atoms with Crippen molar-refractivity contribution in [2.24, 2.45) is 0 Å². The molecule has 0 aliphatic heterocycles. The van der Waals surface area contributed by atoms with Gasteiger partial charge in [-0.1, -0.05) is 24.3 Å². The number of aromatic nitrogens is 1. The topological polar surface area (TPSA) is 46.6 Å². The maximum Gasteiger partial charge on any atom is 0.173 e. The molecule has 0 atom stereocenters. The van der Waals surface area contributed by atoms with E-state index < -0.39 is 0 Å². The molecule has 0 saturated heterocycles. The number of ether oxygens (including phenoxy) is 2. The summed E-state index contributed by atoms with van der Waals surface area (Å²) in [6, 6.07) is 18.2. The molecule has 0 fully saturated rings. The lowest BCUT2D eigenvalue weighted by Gasteiger charge is -2.26. The number of anilines is 1. The number of pyridine rings is 1. The molecule has 6 heteroatoms. The summed E-state index contributed by atoms with van der Waals surface area (Å²) < 4.78 is 10.8. The van der Waals surface area contributed by atoms with Crippen LogP contribution in [0.25, 0.3) is 0 Å². The highest BCUT2D eigenvalue weighted by Gasteiger charge is 2.13. The fourth-order valence-electron chi connectivity index (χ4n) is 3.19. The van der Waals surface area contributed by atoms with E-state index in [0.717, 1.165) is 41.3 Å². The maximum atomic E-state index is 5.75. The van der Waals surface area contributed by atoms with Gasteiger partial charge in [-0.05, 0) is 72.6 Å². The van der Waals surface area contributed by atoms with Gasteiger partial charge in [-0.25, -0.2) is 0 Å². The molecule has 156 valence electrons. The van der Waals surface area contributed by atoms with Crippen molar-refractivity contribution >= 4 is 23.0 Å². The fraction of sp³-hybridized carbons (Fsp3) is 0.250. The van der Waals surface area contributed by atoms with Gasteiger partial charge in [0.2, 0.25) is 0 Å². The average Bonchev–Trinajstić information content (AvgIpc) is 2.77. The third kappa shape index (κ3) is 5.94. The molecule has 1 heterocycles. The molecule has 0 saturated carbocycles. The van der Waals surface area contributed by atoms with Crippen LogP contribution in [0.1, 0.15) is 16.7 Å². The monoisotopic (exact) mass is 421 g/mol. The summed E-state index contributed by atoms with van der Waals surface area (Å²) in [5, 5.41) is 4.06. The third-order valence-electron chi connectivity index (χ3n) is 4.77.